The van der Waals surface area contributed by atoms with Crippen LogP contribution in [0.1, 0.15) is 151 Å². The number of nitrogens with one attached hydrogen (secondary N) is 4. The van der Waals surface area contributed by atoms with Crippen LogP contribution in [0.4, 0.5) is 0 Å². The highest BCUT2D eigenvalue weighted by Crippen LogP contribution is 2.26. The second kappa shape index (κ2) is 35.4. The monoisotopic (exact) mass is 1210 g/mol. The van der Waals surface area contributed by atoms with Crippen molar-refractivity contribution in [2.75, 3.05) is 55.9 Å². The van der Waals surface area contributed by atoms with Gasteiger partial charge in [0.25, 0.3) is 0 Å². The topological polar surface area (TPSA) is 279 Å². The Kier molecular flexibility index (Phi) is 31.2. The Morgan fingerprint density at radius 2 is 0.919 bits per heavy atom. The van der Waals surface area contributed by atoms with Crippen LogP contribution in [-0.4, -0.2) is 227 Å². The first-order valence-corrected chi connectivity index (χ1v) is 30.6. The molecule has 86 heavy (non-hydrogen) atoms. The van der Waals surface area contributed by atoms with E-state index in [1.165, 1.54) is 93.8 Å². The van der Waals surface area contributed by atoms with Crippen LogP contribution in [0.2, 0.25) is 0 Å². The molecule has 1 aliphatic rings. The Labute approximate surface area is 515 Å². The number of aliphatic hydroxyl groups is 1. The van der Waals surface area contributed by atoms with Crippen LogP contribution in [0.3, 0.4) is 0 Å². The van der Waals surface area contributed by atoms with Gasteiger partial charge in [-0.05, 0) is 93.8 Å². The van der Waals surface area contributed by atoms with Gasteiger partial charge in [-0.3, -0.25) is 52.7 Å². The second-order valence-electron chi connectivity index (χ2n) is 26.1. The van der Waals surface area contributed by atoms with Crippen molar-refractivity contribution >= 4 is 65.0 Å². The average Bonchev–Trinajstić information content (AvgIpc) is 1.13. The molecule has 5 N–H and O–H groups in total. The van der Waals surface area contributed by atoms with Gasteiger partial charge in [0.2, 0.25) is 65.0 Å². The van der Waals surface area contributed by atoms with Gasteiger partial charge in [-0.1, -0.05) is 122 Å². The highest BCUT2D eigenvalue weighted by molar-refractivity contribution is 5.99. The second-order valence-corrected chi connectivity index (χ2v) is 26.1. The first-order chi connectivity index (χ1) is 40.1. The normalized spacial score (nSPS) is 26.8. The quantitative estimate of drug-likeness (QED) is 0.139. The summed E-state index contributed by atoms with van der Waals surface area (Å²) in [4.78, 5) is 169. The summed E-state index contributed by atoms with van der Waals surface area (Å²) in [5, 5.41) is 23.1. The molecule has 0 aromatic rings. The van der Waals surface area contributed by atoms with Crippen molar-refractivity contribution in [3.63, 3.8) is 0 Å². The van der Waals surface area contributed by atoms with E-state index in [9.17, 15) is 48.3 Å². The fourth-order valence-electron chi connectivity index (χ4n) is 10.7. The Hall–Kier alpha value is -6.39. The molecule has 0 unspecified atom stereocenters. The molecule has 1 aliphatic heterocycles. The average molecular weight is 1220 g/mol. The van der Waals surface area contributed by atoms with Gasteiger partial charge < -0.3 is 60.7 Å². The molecule has 11 amide bonds. The fourth-order valence-corrected chi connectivity index (χ4v) is 10.7. The van der Waals surface area contributed by atoms with Gasteiger partial charge in [-0.25, -0.2) is 0 Å². The molecule has 1 rings (SSSR count). The predicted molar refractivity (Wildman–Crippen MR) is 333 cm³/mol. The number of aliphatic hydroxyl groups excluding tert-OH is 1. The zero-order chi connectivity index (χ0) is 67.6. The number of hydrogen-bond acceptors (Lipinski definition) is 12. The fraction of sp³-hybridized carbons (Fsp3) is 0.762. The van der Waals surface area contributed by atoms with Gasteiger partial charge in [-0.15, -0.1) is 0 Å². The summed E-state index contributed by atoms with van der Waals surface area (Å²) in [5.74, 6) is -10.2. The van der Waals surface area contributed by atoms with Gasteiger partial charge in [0, 0.05) is 49.3 Å². The molecule has 490 valence electrons. The van der Waals surface area contributed by atoms with Gasteiger partial charge in [0.05, 0.1) is 14.0 Å². The van der Waals surface area contributed by atoms with Crippen LogP contribution in [-0.2, 0) is 52.7 Å². The summed E-state index contributed by atoms with van der Waals surface area (Å²) in [6, 6.07) is -12.6. The molecule has 12 atom stereocenters. The molecule has 23 heteroatoms. The van der Waals surface area contributed by atoms with E-state index in [1.54, 1.807) is 47.6 Å². The number of hydrogen-bond donors (Lipinski definition) is 5. The SMILES string of the molecule is [2H]C(=C)/C=C/C[C@@H](C)[C@@H](O)[C@H]1C(=O)N[C@@H](CC)C(=O)N(C)CC(=O)N(C)[C@@H](CC(C)C)C(=O)N[C@@H](C(C)C)C(=O)N(C)[C@@H](CC(C)C)C(=O)N[C@@H](C)C(=O)N[C@H](C)C(=O)N(C)[C@@H](CC(C)C)C(=O)N(C)[C@@H](CC(C)C)C(=O)N(C)[C@@H](C(C)C)C(=O)N1C. The third kappa shape index (κ3) is 21.8. The zero-order valence-electron chi connectivity index (χ0n) is 57.3. The largest absolute Gasteiger partial charge is 0.390 e. The van der Waals surface area contributed by atoms with Crippen molar-refractivity contribution in [3.8, 4) is 0 Å². The van der Waals surface area contributed by atoms with E-state index < -0.39 is 156 Å². The Morgan fingerprint density at radius 1 is 0.500 bits per heavy atom. The van der Waals surface area contributed by atoms with Gasteiger partial charge in [0.15, 0.2) is 0 Å². The minimum Gasteiger partial charge on any atom is -0.390 e. The summed E-state index contributed by atoms with van der Waals surface area (Å²) in [6.45, 7) is 30.8. The smallest absolute Gasteiger partial charge is 0.246 e. The molecule has 1 saturated heterocycles. The van der Waals surface area contributed by atoms with Crippen LogP contribution >= 0.6 is 0 Å². The number of allylic oxidation sites excluding steroid dienone is 3. The molecular weight excluding hydrogens is 1100 g/mol. The molecule has 0 aliphatic carbocycles. The van der Waals surface area contributed by atoms with Gasteiger partial charge in [-0.2, -0.15) is 0 Å². The highest BCUT2D eigenvalue weighted by atomic mass is 16.3. The van der Waals surface area contributed by atoms with E-state index >= 15 is 9.59 Å². The molecular formula is C63H111N11O12. The van der Waals surface area contributed by atoms with Crippen molar-refractivity contribution in [2.45, 2.75) is 216 Å². The summed E-state index contributed by atoms with van der Waals surface area (Å²) in [6.07, 6.45) is 2.10. The third-order valence-corrected chi connectivity index (χ3v) is 16.1. The van der Waals surface area contributed by atoms with Gasteiger partial charge in [0.1, 0.15) is 60.4 Å². The number of likely N-dealkylation sites (N-methyl/N-ethyl adjacent to an activating group) is 7. The lowest BCUT2D eigenvalue weighted by atomic mass is 9.91. The number of carbonyl (C=O) groups excluding carboxylic acids is 11. The van der Waals surface area contributed by atoms with Crippen LogP contribution in [0.5, 0.6) is 0 Å². The first kappa shape index (κ1) is 75.7. The van der Waals surface area contributed by atoms with Crippen molar-refractivity contribution in [1.29, 1.82) is 0 Å². The minimum absolute atomic E-state index is 0.00910. The Morgan fingerprint density at radius 3 is 1.37 bits per heavy atom. The number of nitrogens with zero attached hydrogens (tertiary/aromatic N) is 7. The maximum Gasteiger partial charge on any atom is 0.246 e. The minimum atomic E-state index is -1.69. The number of carbonyl (C=O) groups is 11. The lowest BCUT2D eigenvalue weighted by Gasteiger charge is -2.41. The summed E-state index contributed by atoms with van der Waals surface area (Å²) >= 11 is 0. The van der Waals surface area contributed by atoms with E-state index in [0.717, 1.165) is 9.80 Å². The summed E-state index contributed by atoms with van der Waals surface area (Å²) in [7, 11) is 9.80. The van der Waals surface area contributed by atoms with Crippen LogP contribution < -0.4 is 21.3 Å². The molecule has 1 heterocycles. The lowest BCUT2D eigenvalue weighted by molar-refractivity contribution is -0.157. The van der Waals surface area contributed by atoms with E-state index in [2.05, 4.69) is 27.8 Å². The molecule has 0 radical (unpaired) electrons. The molecule has 1 fully saturated rings. The molecule has 23 nitrogen and oxygen atoms in total. The van der Waals surface area contributed by atoms with Gasteiger partial charge >= 0.3 is 0 Å². The van der Waals surface area contributed by atoms with Crippen LogP contribution in [0, 0.1) is 41.4 Å². The van der Waals surface area contributed by atoms with E-state index in [-0.39, 0.29) is 68.2 Å². The molecule has 0 bridgehead atoms. The third-order valence-electron chi connectivity index (χ3n) is 16.1. The van der Waals surface area contributed by atoms with E-state index in [0.29, 0.717) is 0 Å². The Balaban J connectivity index is 4.35. The van der Waals surface area contributed by atoms with E-state index in [1.807, 2.05) is 55.4 Å². The Bertz CT molecular complexity index is 2430. The highest BCUT2D eigenvalue weighted by Gasteiger charge is 2.45. The lowest BCUT2D eigenvalue weighted by Crippen LogP contribution is -2.63. The standard InChI is InChI=1S/C63H111N11O12/c1-25-27-28-29-41(15)53(76)52-57(80)66-44(26-2)59(82)68(18)34-49(75)69(19)45(30-35(3)4)56(79)67-50(39(11)12)62(85)70(20)46(31-36(5)6)55(78)64-42(16)54(77)65-43(17)58(81)71(21)47(32-37(7)8)60(83)72(22)48(33-38(9)10)61(84)73(23)51(40(13)14)63(86)74(52)24/h25,27-28,35-48,50-53,76H,1,26,29-34H2,2-24H3,(H,64,78)(H,65,77)(H,66,80)(H,67,79)/b28-27+/t41-,42+,43-,44+,45+,46+,47+,48+,50+,51+,52+,53-/m1/s1/i25D. The molecule has 0 spiro atoms. The van der Waals surface area contributed by atoms with Crippen molar-refractivity contribution in [2.24, 2.45) is 41.4 Å². The van der Waals surface area contributed by atoms with Crippen molar-refractivity contribution in [1.82, 2.24) is 55.6 Å². The first-order valence-electron chi connectivity index (χ1n) is 31.1. The maximum atomic E-state index is 15.2. The van der Waals surface area contributed by atoms with Crippen molar-refractivity contribution in [3.05, 3.63) is 24.8 Å². The van der Waals surface area contributed by atoms with Crippen LogP contribution in [0.15, 0.2) is 24.8 Å². The van der Waals surface area contributed by atoms with Crippen molar-refractivity contribution < 1.29 is 59.2 Å². The molecule has 0 aromatic heterocycles. The summed E-state index contributed by atoms with van der Waals surface area (Å²) < 4.78 is 7.78. The van der Waals surface area contributed by atoms with Crippen LogP contribution in [0.25, 0.3) is 0 Å². The maximum absolute atomic E-state index is 15.2. The zero-order valence-corrected chi connectivity index (χ0v) is 56.3. The number of amides is 11. The number of rotatable bonds is 16. The predicted octanol–water partition coefficient (Wildman–Crippen LogP) is 3.44. The summed E-state index contributed by atoms with van der Waals surface area (Å²) in [5.41, 5.74) is 0. The van der Waals surface area contributed by atoms with E-state index in [4.69, 9.17) is 1.37 Å². The molecule has 0 aromatic carbocycles. The molecule has 0 saturated carbocycles.